The van der Waals surface area contributed by atoms with Crippen LogP contribution in [0, 0.1) is 6.92 Å². The Balaban J connectivity index is 2.03. The van der Waals surface area contributed by atoms with E-state index < -0.39 is 0 Å². The fraction of sp³-hybridized carbons (Fsp3) is 0.467. The van der Waals surface area contributed by atoms with Gasteiger partial charge in [0.1, 0.15) is 0 Å². The predicted molar refractivity (Wildman–Crippen MR) is 81.5 cm³/mol. The third kappa shape index (κ3) is 2.45. The molecule has 2 atom stereocenters. The van der Waals surface area contributed by atoms with Crippen LogP contribution in [0.5, 0.6) is 0 Å². The van der Waals surface area contributed by atoms with Crippen LogP contribution in [0.4, 0.5) is 5.82 Å². The number of aromatic nitrogens is 2. The van der Waals surface area contributed by atoms with Crippen LogP contribution in [0.25, 0.3) is 10.8 Å². The van der Waals surface area contributed by atoms with Gasteiger partial charge in [0, 0.05) is 23.9 Å². The van der Waals surface area contributed by atoms with Crippen molar-refractivity contribution in [3.05, 3.63) is 30.0 Å². The van der Waals surface area contributed by atoms with Crippen molar-refractivity contribution in [3.63, 3.8) is 0 Å². The smallest absolute Gasteiger partial charge is 0.159 e. The van der Waals surface area contributed by atoms with Gasteiger partial charge in [-0.05, 0) is 13.8 Å². The molecule has 1 aliphatic rings. The summed E-state index contributed by atoms with van der Waals surface area (Å²) in [6.07, 6.45) is 0.191. The van der Waals surface area contributed by atoms with E-state index in [1.165, 1.54) is 0 Å². The Bertz CT molecular complexity index is 619. The summed E-state index contributed by atoms with van der Waals surface area (Å²) in [5, 5.41) is 11.0. The normalized spacial score (nSPS) is 23.2. The maximum Gasteiger partial charge on any atom is 0.159 e. The molecular formula is C15H18ClN3O. The molecule has 1 aliphatic heterocycles. The number of nitrogens with zero attached hydrogens (tertiary/aromatic N) is 3. The molecule has 0 radical (unpaired) electrons. The number of rotatable bonds is 2. The molecule has 0 N–H and O–H groups in total. The lowest BCUT2D eigenvalue weighted by molar-refractivity contribution is -0.00352. The van der Waals surface area contributed by atoms with Crippen molar-refractivity contribution >= 4 is 28.2 Å². The summed E-state index contributed by atoms with van der Waals surface area (Å²) in [4.78, 5) is 2.23. The second kappa shape index (κ2) is 5.54. The molecule has 1 aromatic carbocycles. The van der Waals surface area contributed by atoms with E-state index in [1.807, 2.05) is 19.1 Å². The third-order valence-electron chi connectivity index (χ3n) is 3.65. The van der Waals surface area contributed by atoms with Crippen LogP contribution in [0.3, 0.4) is 0 Å². The van der Waals surface area contributed by atoms with Crippen LogP contribution in [0.15, 0.2) is 24.3 Å². The number of anilines is 1. The Morgan fingerprint density at radius 2 is 2.00 bits per heavy atom. The predicted octanol–water partition coefficient (Wildman–Crippen LogP) is 2.77. The molecule has 1 fully saturated rings. The fourth-order valence-electron chi connectivity index (χ4n) is 2.76. The number of benzene rings is 1. The van der Waals surface area contributed by atoms with Gasteiger partial charge in [0.05, 0.1) is 23.8 Å². The lowest BCUT2D eigenvalue weighted by Crippen LogP contribution is -2.47. The van der Waals surface area contributed by atoms with Gasteiger partial charge >= 0.3 is 0 Å². The average molecular weight is 292 g/mol. The summed E-state index contributed by atoms with van der Waals surface area (Å²) in [6, 6.07) is 8.26. The summed E-state index contributed by atoms with van der Waals surface area (Å²) in [5.74, 6) is 1.43. The van der Waals surface area contributed by atoms with Gasteiger partial charge in [-0.25, -0.2) is 0 Å². The summed E-state index contributed by atoms with van der Waals surface area (Å²) in [7, 11) is 0. The van der Waals surface area contributed by atoms with E-state index in [2.05, 4.69) is 34.2 Å². The molecular weight excluding hydrogens is 274 g/mol. The maximum atomic E-state index is 5.95. The van der Waals surface area contributed by atoms with Crippen molar-refractivity contribution in [3.8, 4) is 0 Å². The monoisotopic (exact) mass is 291 g/mol. The number of morpholine rings is 1. The second-order valence-corrected chi connectivity index (χ2v) is 5.59. The van der Waals surface area contributed by atoms with Crippen LogP contribution < -0.4 is 4.90 Å². The Morgan fingerprint density at radius 3 is 2.75 bits per heavy atom. The van der Waals surface area contributed by atoms with Gasteiger partial charge in [-0.15, -0.1) is 16.7 Å². The zero-order valence-corrected chi connectivity index (χ0v) is 12.5. The number of aryl methyl sites for hydroxylation is 1. The zero-order valence-electron chi connectivity index (χ0n) is 11.7. The first-order chi connectivity index (χ1) is 9.69. The van der Waals surface area contributed by atoms with E-state index in [4.69, 9.17) is 16.3 Å². The number of fused-ring (bicyclic) bond motifs is 1. The summed E-state index contributed by atoms with van der Waals surface area (Å²) >= 11 is 5.95. The molecule has 2 aromatic rings. The van der Waals surface area contributed by atoms with Crippen molar-refractivity contribution in [2.75, 3.05) is 23.9 Å². The van der Waals surface area contributed by atoms with Crippen molar-refractivity contribution in [2.24, 2.45) is 0 Å². The minimum absolute atomic E-state index is 0.0438. The van der Waals surface area contributed by atoms with Crippen molar-refractivity contribution in [1.29, 1.82) is 0 Å². The highest BCUT2D eigenvalue weighted by atomic mass is 35.5. The zero-order chi connectivity index (χ0) is 14.1. The molecule has 106 valence electrons. The molecule has 2 unspecified atom stereocenters. The van der Waals surface area contributed by atoms with Gasteiger partial charge in [0.15, 0.2) is 5.82 Å². The Labute approximate surface area is 123 Å². The first kappa shape index (κ1) is 13.6. The molecule has 1 saturated heterocycles. The molecule has 1 aromatic heterocycles. The van der Waals surface area contributed by atoms with Crippen molar-refractivity contribution < 1.29 is 4.74 Å². The minimum atomic E-state index is 0.0438. The van der Waals surface area contributed by atoms with Gasteiger partial charge < -0.3 is 9.64 Å². The quantitative estimate of drug-likeness (QED) is 0.798. The highest BCUT2D eigenvalue weighted by Gasteiger charge is 2.26. The molecule has 2 heterocycles. The first-order valence-electron chi connectivity index (χ1n) is 6.87. The molecule has 20 heavy (non-hydrogen) atoms. The van der Waals surface area contributed by atoms with Gasteiger partial charge in [0.2, 0.25) is 0 Å². The average Bonchev–Trinajstić information content (AvgIpc) is 2.47. The molecule has 0 spiro atoms. The first-order valence-corrected chi connectivity index (χ1v) is 7.41. The molecule has 4 nitrogen and oxygen atoms in total. The Hall–Kier alpha value is -1.39. The second-order valence-electron chi connectivity index (χ2n) is 5.28. The third-order valence-corrected chi connectivity index (χ3v) is 3.99. The van der Waals surface area contributed by atoms with E-state index in [0.29, 0.717) is 5.88 Å². The fourth-order valence-corrected chi connectivity index (χ4v) is 2.93. The van der Waals surface area contributed by atoms with Crippen LogP contribution >= 0.6 is 11.6 Å². The van der Waals surface area contributed by atoms with Gasteiger partial charge in [-0.3, -0.25) is 0 Å². The number of hydrogen-bond acceptors (Lipinski definition) is 4. The Morgan fingerprint density at radius 1 is 1.25 bits per heavy atom. The van der Waals surface area contributed by atoms with Crippen LogP contribution in [-0.2, 0) is 4.74 Å². The summed E-state index contributed by atoms with van der Waals surface area (Å²) in [5.41, 5.74) is 0.958. The van der Waals surface area contributed by atoms with Gasteiger partial charge in [0.25, 0.3) is 0 Å². The van der Waals surface area contributed by atoms with Gasteiger partial charge in [-0.2, -0.15) is 5.10 Å². The highest BCUT2D eigenvalue weighted by molar-refractivity contribution is 6.18. The van der Waals surface area contributed by atoms with Gasteiger partial charge in [-0.1, -0.05) is 24.3 Å². The van der Waals surface area contributed by atoms with E-state index >= 15 is 0 Å². The molecule has 0 amide bonds. The molecule has 0 aliphatic carbocycles. The van der Waals surface area contributed by atoms with Crippen LogP contribution in [0.2, 0.25) is 0 Å². The van der Waals surface area contributed by atoms with E-state index in [-0.39, 0.29) is 12.2 Å². The largest absolute Gasteiger partial charge is 0.370 e. The van der Waals surface area contributed by atoms with Crippen molar-refractivity contribution in [2.45, 2.75) is 26.1 Å². The summed E-state index contributed by atoms with van der Waals surface area (Å²) < 4.78 is 5.80. The minimum Gasteiger partial charge on any atom is -0.370 e. The van der Waals surface area contributed by atoms with Crippen LogP contribution in [-0.4, -0.2) is 41.4 Å². The number of ether oxygens (including phenoxy) is 1. The highest BCUT2D eigenvalue weighted by Crippen LogP contribution is 2.27. The molecule has 5 heteroatoms. The molecule has 3 rings (SSSR count). The molecule has 0 bridgehead atoms. The topological polar surface area (TPSA) is 38.2 Å². The lowest BCUT2D eigenvalue weighted by Gasteiger charge is -2.37. The maximum absolute atomic E-state index is 5.95. The van der Waals surface area contributed by atoms with Crippen molar-refractivity contribution in [1.82, 2.24) is 10.2 Å². The number of halogens is 1. The SMILES string of the molecule is Cc1nnc(N2CC(C)OC(CCl)C2)c2ccccc12. The standard InChI is InChI=1S/C15H18ClN3O/c1-10-8-19(9-12(7-16)20-10)15-14-6-4-3-5-13(14)11(2)17-18-15/h3-6,10,12H,7-9H2,1-2H3. The number of hydrogen-bond donors (Lipinski definition) is 0. The van der Waals surface area contributed by atoms with E-state index in [9.17, 15) is 0 Å². The Kier molecular flexibility index (Phi) is 3.76. The van der Waals surface area contributed by atoms with E-state index in [1.54, 1.807) is 0 Å². The van der Waals surface area contributed by atoms with E-state index in [0.717, 1.165) is 35.4 Å². The number of alkyl halides is 1. The lowest BCUT2D eigenvalue weighted by atomic mass is 10.1. The molecule has 0 saturated carbocycles. The van der Waals surface area contributed by atoms with Crippen LogP contribution in [0.1, 0.15) is 12.6 Å². The summed E-state index contributed by atoms with van der Waals surface area (Å²) in [6.45, 7) is 5.63.